The van der Waals surface area contributed by atoms with Crippen molar-refractivity contribution in [3.8, 4) is 0 Å². The number of allylic oxidation sites excluding steroid dienone is 5. The third-order valence-corrected chi connectivity index (χ3v) is 3.20. The Hall–Kier alpha value is -1.37. The molecular formula is C16H22FN. The van der Waals surface area contributed by atoms with Crippen LogP contribution in [0.2, 0.25) is 0 Å². The van der Waals surface area contributed by atoms with Crippen molar-refractivity contribution in [3.63, 3.8) is 0 Å². The minimum absolute atomic E-state index is 0.418. The maximum absolute atomic E-state index is 12.7. The van der Waals surface area contributed by atoms with E-state index in [2.05, 4.69) is 30.8 Å². The third-order valence-electron chi connectivity index (χ3n) is 3.20. The van der Waals surface area contributed by atoms with E-state index in [1.165, 1.54) is 12.5 Å². The van der Waals surface area contributed by atoms with Crippen molar-refractivity contribution < 1.29 is 4.39 Å². The Balaban J connectivity index is 2.85. The van der Waals surface area contributed by atoms with Gasteiger partial charge in [0.05, 0.1) is 0 Å². The molecule has 98 valence electrons. The van der Waals surface area contributed by atoms with Crippen molar-refractivity contribution in [2.75, 3.05) is 20.1 Å². The molecule has 1 aliphatic rings. The van der Waals surface area contributed by atoms with Gasteiger partial charge in [-0.15, -0.1) is 5.73 Å². The fourth-order valence-corrected chi connectivity index (χ4v) is 2.19. The minimum Gasteiger partial charge on any atom is -0.306 e. The van der Waals surface area contributed by atoms with E-state index in [1.807, 2.05) is 0 Å². The van der Waals surface area contributed by atoms with Crippen LogP contribution in [0.15, 0.2) is 54.6 Å². The van der Waals surface area contributed by atoms with Crippen molar-refractivity contribution in [1.82, 2.24) is 4.90 Å². The molecule has 0 radical (unpaired) electrons. The lowest BCUT2D eigenvalue weighted by Crippen LogP contribution is -2.18. The lowest BCUT2D eigenvalue weighted by Gasteiger charge is -2.14. The van der Waals surface area contributed by atoms with Gasteiger partial charge in [0.25, 0.3) is 0 Å². The van der Waals surface area contributed by atoms with E-state index in [1.54, 1.807) is 18.2 Å². The molecule has 0 amide bonds. The summed E-state index contributed by atoms with van der Waals surface area (Å²) in [5.41, 5.74) is 4.24. The van der Waals surface area contributed by atoms with E-state index in [0.717, 1.165) is 31.5 Å². The van der Waals surface area contributed by atoms with Gasteiger partial charge in [0.15, 0.2) is 0 Å². The van der Waals surface area contributed by atoms with Gasteiger partial charge in [-0.1, -0.05) is 19.2 Å². The molecule has 2 heteroatoms. The molecule has 1 saturated heterocycles. The van der Waals surface area contributed by atoms with Crippen LogP contribution in [0.3, 0.4) is 0 Å². The van der Waals surface area contributed by atoms with Crippen LogP contribution >= 0.6 is 0 Å². The van der Waals surface area contributed by atoms with Crippen molar-refractivity contribution in [1.29, 1.82) is 0 Å². The van der Waals surface area contributed by atoms with Crippen LogP contribution in [0.1, 0.15) is 19.3 Å². The zero-order valence-corrected chi connectivity index (χ0v) is 11.2. The first kappa shape index (κ1) is 14.7. The molecule has 0 N–H and O–H groups in total. The average molecular weight is 247 g/mol. The number of rotatable bonds is 4. The zero-order chi connectivity index (χ0) is 13.4. The van der Waals surface area contributed by atoms with Gasteiger partial charge >= 0.3 is 0 Å². The highest BCUT2D eigenvalue weighted by molar-refractivity contribution is 5.26. The highest BCUT2D eigenvalue weighted by atomic mass is 19.1. The standard InChI is InChI=1S/C16H22FN/c1-4-5-7-15(10-9-14(2)17)16-8-6-12-18(3)13-11-16/h4-5,9-10,16H,1-2,6,8,11-13H2,3H3/b10-9-. The van der Waals surface area contributed by atoms with Gasteiger partial charge in [0.2, 0.25) is 0 Å². The highest BCUT2D eigenvalue weighted by Crippen LogP contribution is 2.25. The smallest absolute Gasteiger partial charge is 0.116 e. The first-order valence-corrected chi connectivity index (χ1v) is 6.42. The first-order chi connectivity index (χ1) is 8.63. The molecule has 1 unspecified atom stereocenters. The van der Waals surface area contributed by atoms with Crippen molar-refractivity contribution in [2.24, 2.45) is 5.92 Å². The Morgan fingerprint density at radius 2 is 2.11 bits per heavy atom. The van der Waals surface area contributed by atoms with Crippen LogP contribution in [0.4, 0.5) is 4.39 Å². The Labute approximate surface area is 110 Å². The minimum atomic E-state index is -0.418. The summed E-state index contributed by atoms with van der Waals surface area (Å²) in [6, 6.07) is 0. The Bertz CT molecular complexity index is 386. The molecule has 1 nitrogen and oxygen atoms in total. The van der Waals surface area contributed by atoms with Gasteiger partial charge in [0, 0.05) is 0 Å². The fourth-order valence-electron chi connectivity index (χ4n) is 2.19. The maximum Gasteiger partial charge on any atom is 0.116 e. The average Bonchev–Trinajstić information content (AvgIpc) is 2.54. The van der Waals surface area contributed by atoms with E-state index in [9.17, 15) is 4.39 Å². The fraction of sp³-hybridized carbons (Fsp3) is 0.438. The second kappa shape index (κ2) is 7.86. The molecule has 0 aromatic carbocycles. The predicted molar refractivity (Wildman–Crippen MR) is 76.0 cm³/mol. The van der Waals surface area contributed by atoms with E-state index in [4.69, 9.17) is 0 Å². The summed E-state index contributed by atoms with van der Waals surface area (Å²) in [5.74, 6) is 0.0281. The molecule has 0 spiro atoms. The molecule has 0 aromatic rings. The van der Waals surface area contributed by atoms with E-state index in [-0.39, 0.29) is 0 Å². The monoisotopic (exact) mass is 247 g/mol. The van der Waals surface area contributed by atoms with E-state index in [0.29, 0.717) is 5.92 Å². The summed E-state index contributed by atoms with van der Waals surface area (Å²) in [6.07, 6.45) is 10.1. The van der Waals surface area contributed by atoms with Gasteiger partial charge in [-0.05, 0) is 69.1 Å². The summed E-state index contributed by atoms with van der Waals surface area (Å²) >= 11 is 0. The van der Waals surface area contributed by atoms with Gasteiger partial charge in [0.1, 0.15) is 5.83 Å². The van der Waals surface area contributed by atoms with Crippen LogP contribution in [-0.4, -0.2) is 25.0 Å². The molecule has 1 fully saturated rings. The topological polar surface area (TPSA) is 3.24 Å². The Kier molecular flexibility index (Phi) is 6.42. The second-order valence-corrected chi connectivity index (χ2v) is 4.71. The summed E-state index contributed by atoms with van der Waals surface area (Å²) in [5, 5.41) is 0. The molecule has 0 aromatic heterocycles. The SMILES string of the molecule is C=CC=C=C(/C=C\C(=C)F)C1CCCN(C)CC1. The predicted octanol–water partition coefficient (Wildman–Crippen LogP) is 4.03. The van der Waals surface area contributed by atoms with Gasteiger partial charge in [-0.3, -0.25) is 0 Å². The largest absolute Gasteiger partial charge is 0.306 e. The summed E-state index contributed by atoms with van der Waals surface area (Å²) in [4.78, 5) is 2.34. The quantitative estimate of drug-likeness (QED) is 0.535. The molecule has 1 heterocycles. The van der Waals surface area contributed by atoms with Crippen molar-refractivity contribution in [3.05, 3.63) is 54.6 Å². The summed E-state index contributed by atoms with van der Waals surface area (Å²) in [7, 11) is 2.14. The summed E-state index contributed by atoms with van der Waals surface area (Å²) < 4.78 is 12.7. The second-order valence-electron chi connectivity index (χ2n) is 4.71. The lowest BCUT2D eigenvalue weighted by molar-refractivity contribution is 0.346. The van der Waals surface area contributed by atoms with Crippen LogP contribution < -0.4 is 0 Å². The number of nitrogens with zero attached hydrogens (tertiary/aromatic N) is 1. The molecule has 0 saturated carbocycles. The van der Waals surface area contributed by atoms with Crippen molar-refractivity contribution in [2.45, 2.75) is 19.3 Å². The molecule has 1 atom stereocenters. The third kappa shape index (κ3) is 5.31. The van der Waals surface area contributed by atoms with Crippen molar-refractivity contribution >= 4 is 0 Å². The van der Waals surface area contributed by atoms with Crippen LogP contribution in [-0.2, 0) is 0 Å². The molecule has 18 heavy (non-hydrogen) atoms. The molecule has 1 rings (SSSR count). The maximum atomic E-state index is 12.7. The molecular weight excluding hydrogens is 225 g/mol. The van der Waals surface area contributed by atoms with E-state index >= 15 is 0 Å². The van der Waals surface area contributed by atoms with Gasteiger partial charge in [-0.2, -0.15) is 0 Å². The van der Waals surface area contributed by atoms with Crippen LogP contribution in [0.5, 0.6) is 0 Å². The van der Waals surface area contributed by atoms with Crippen LogP contribution in [0, 0.1) is 5.92 Å². The Morgan fingerprint density at radius 3 is 2.78 bits per heavy atom. The number of likely N-dealkylation sites (tertiary alicyclic amines) is 1. The number of hydrogen-bond donors (Lipinski definition) is 0. The first-order valence-electron chi connectivity index (χ1n) is 6.42. The normalized spacial score (nSPS) is 21.1. The molecule has 0 aliphatic carbocycles. The number of halogens is 1. The molecule has 0 bridgehead atoms. The summed E-state index contributed by atoms with van der Waals surface area (Å²) in [6.45, 7) is 9.11. The highest BCUT2D eigenvalue weighted by Gasteiger charge is 2.16. The Morgan fingerprint density at radius 1 is 1.33 bits per heavy atom. The zero-order valence-electron chi connectivity index (χ0n) is 11.2. The van der Waals surface area contributed by atoms with E-state index < -0.39 is 5.83 Å². The number of hydrogen-bond acceptors (Lipinski definition) is 1. The van der Waals surface area contributed by atoms with Gasteiger partial charge < -0.3 is 4.90 Å². The molecule has 1 aliphatic heterocycles. The lowest BCUT2D eigenvalue weighted by atomic mass is 9.92. The van der Waals surface area contributed by atoms with Gasteiger partial charge in [-0.25, -0.2) is 4.39 Å². The van der Waals surface area contributed by atoms with Crippen LogP contribution in [0.25, 0.3) is 0 Å².